The Bertz CT molecular complexity index is 1070. The van der Waals surface area contributed by atoms with Gasteiger partial charge >= 0.3 is 0 Å². The molecule has 9 heteroatoms. The number of nitrogens with zero attached hydrogens (tertiary/aromatic N) is 2. The van der Waals surface area contributed by atoms with Crippen LogP contribution in [0.15, 0.2) is 18.5 Å². The molecule has 1 aromatic carbocycles. The fourth-order valence-electron chi connectivity index (χ4n) is 3.90. The average molecular weight is 443 g/mol. The van der Waals surface area contributed by atoms with Crippen LogP contribution < -0.4 is 24.8 Å². The number of benzene rings is 1. The van der Waals surface area contributed by atoms with E-state index in [4.69, 9.17) is 14.2 Å². The van der Waals surface area contributed by atoms with Gasteiger partial charge in [-0.05, 0) is 43.4 Å². The number of amides is 1. The zero-order valence-corrected chi connectivity index (χ0v) is 18.7. The van der Waals surface area contributed by atoms with E-state index in [1.54, 1.807) is 29.8 Å². The van der Waals surface area contributed by atoms with Crippen LogP contribution in [0, 0.1) is 0 Å². The van der Waals surface area contributed by atoms with Gasteiger partial charge in [0.1, 0.15) is 17.0 Å². The van der Waals surface area contributed by atoms with Crippen LogP contribution in [-0.4, -0.2) is 50.3 Å². The van der Waals surface area contributed by atoms with Gasteiger partial charge in [-0.25, -0.2) is 9.97 Å². The quantitative estimate of drug-likeness (QED) is 0.516. The first-order valence-corrected chi connectivity index (χ1v) is 11.0. The minimum Gasteiger partial charge on any atom is -0.493 e. The van der Waals surface area contributed by atoms with Crippen molar-refractivity contribution >= 4 is 33.3 Å². The van der Waals surface area contributed by atoms with E-state index in [-0.39, 0.29) is 5.91 Å². The van der Waals surface area contributed by atoms with E-state index in [0.29, 0.717) is 35.9 Å². The number of carbonyl (C=O) groups excluding carboxylic acids is 1. The molecular weight excluding hydrogens is 416 g/mol. The minimum atomic E-state index is -0.221. The van der Waals surface area contributed by atoms with Crippen LogP contribution in [0.5, 0.6) is 17.2 Å². The Kier molecular flexibility index (Phi) is 6.41. The Morgan fingerprint density at radius 1 is 1.03 bits per heavy atom. The molecule has 0 saturated carbocycles. The van der Waals surface area contributed by atoms with Crippen LogP contribution in [0.4, 0.5) is 5.82 Å². The van der Waals surface area contributed by atoms with Crippen molar-refractivity contribution in [3.8, 4) is 17.2 Å². The van der Waals surface area contributed by atoms with Gasteiger partial charge in [0.15, 0.2) is 11.5 Å². The molecule has 0 spiro atoms. The van der Waals surface area contributed by atoms with Gasteiger partial charge in [0.05, 0.1) is 26.7 Å². The monoisotopic (exact) mass is 442 g/mol. The molecule has 0 atom stereocenters. The van der Waals surface area contributed by atoms with E-state index < -0.39 is 0 Å². The van der Waals surface area contributed by atoms with Gasteiger partial charge in [0.25, 0.3) is 5.91 Å². The first-order chi connectivity index (χ1) is 15.2. The van der Waals surface area contributed by atoms with Gasteiger partial charge in [-0.3, -0.25) is 4.79 Å². The molecule has 1 amide bonds. The van der Waals surface area contributed by atoms with E-state index >= 15 is 0 Å². The molecule has 0 unspecified atom stereocenters. The van der Waals surface area contributed by atoms with E-state index in [9.17, 15) is 4.79 Å². The van der Waals surface area contributed by atoms with E-state index in [2.05, 4.69) is 20.6 Å². The molecule has 0 bridgehead atoms. The van der Waals surface area contributed by atoms with Crippen molar-refractivity contribution in [3.05, 3.63) is 34.5 Å². The molecule has 0 aliphatic heterocycles. The lowest BCUT2D eigenvalue weighted by atomic mass is 9.97. The Labute approximate surface area is 184 Å². The number of fused-ring (bicyclic) bond motifs is 3. The molecule has 31 heavy (non-hydrogen) atoms. The van der Waals surface area contributed by atoms with E-state index in [1.165, 1.54) is 44.6 Å². The predicted octanol–water partition coefficient (Wildman–Crippen LogP) is 3.44. The number of thiophene rings is 1. The second-order valence-electron chi connectivity index (χ2n) is 7.21. The summed E-state index contributed by atoms with van der Waals surface area (Å²) in [5.41, 5.74) is 1.82. The number of ether oxygens (including phenoxy) is 3. The topological polar surface area (TPSA) is 94.6 Å². The summed E-state index contributed by atoms with van der Waals surface area (Å²) >= 11 is 1.77. The summed E-state index contributed by atoms with van der Waals surface area (Å²) in [5.74, 6) is 1.95. The average Bonchev–Trinajstić information content (AvgIpc) is 3.20. The highest BCUT2D eigenvalue weighted by atomic mass is 32.1. The third-order valence-electron chi connectivity index (χ3n) is 5.38. The summed E-state index contributed by atoms with van der Waals surface area (Å²) in [6, 6.07) is 3.27. The minimum absolute atomic E-state index is 0.221. The molecular formula is C22H26N4O4S. The van der Waals surface area contributed by atoms with Crippen molar-refractivity contribution in [1.82, 2.24) is 15.3 Å². The highest BCUT2D eigenvalue weighted by Gasteiger charge is 2.20. The molecule has 1 aliphatic rings. The number of carbonyl (C=O) groups is 1. The Morgan fingerprint density at radius 2 is 1.77 bits per heavy atom. The second-order valence-corrected chi connectivity index (χ2v) is 8.29. The smallest absolute Gasteiger partial charge is 0.251 e. The standard InChI is InChI=1S/C22H26N4O4S/c1-28-15-10-13(11-16(29-2)19(15)30-3)21(27)24-9-8-23-20-18-14-6-4-5-7-17(14)31-22(18)26-12-25-20/h10-12H,4-9H2,1-3H3,(H,24,27)(H,23,25,26). The summed E-state index contributed by atoms with van der Waals surface area (Å²) in [6.45, 7) is 0.986. The highest BCUT2D eigenvalue weighted by molar-refractivity contribution is 7.19. The van der Waals surface area contributed by atoms with Crippen LogP contribution in [0.2, 0.25) is 0 Å². The first kappa shape index (κ1) is 21.2. The molecule has 0 fully saturated rings. The summed E-state index contributed by atoms with van der Waals surface area (Å²) in [5, 5.41) is 7.42. The zero-order valence-electron chi connectivity index (χ0n) is 17.9. The molecule has 0 saturated heterocycles. The lowest BCUT2D eigenvalue weighted by Gasteiger charge is -2.14. The third-order valence-corrected chi connectivity index (χ3v) is 6.58. The maximum Gasteiger partial charge on any atom is 0.251 e. The maximum atomic E-state index is 12.6. The maximum absolute atomic E-state index is 12.6. The van der Waals surface area contributed by atoms with E-state index in [0.717, 1.165) is 28.9 Å². The van der Waals surface area contributed by atoms with Gasteiger partial charge in [-0.15, -0.1) is 11.3 Å². The second kappa shape index (κ2) is 9.38. The van der Waals surface area contributed by atoms with Gasteiger partial charge in [-0.2, -0.15) is 0 Å². The number of aryl methyl sites for hydroxylation is 2. The van der Waals surface area contributed by atoms with Crippen molar-refractivity contribution in [2.75, 3.05) is 39.7 Å². The molecule has 3 aromatic rings. The molecule has 4 rings (SSSR count). The van der Waals surface area contributed by atoms with Crippen LogP contribution >= 0.6 is 11.3 Å². The first-order valence-electron chi connectivity index (χ1n) is 10.2. The lowest BCUT2D eigenvalue weighted by molar-refractivity contribution is 0.0954. The van der Waals surface area contributed by atoms with Gasteiger partial charge < -0.3 is 24.8 Å². The van der Waals surface area contributed by atoms with Crippen LogP contribution in [0.3, 0.4) is 0 Å². The fraction of sp³-hybridized carbons (Fsp3) is 0.409. The number of rotatable bonds is 8. The fourth-order valence-corrected chi connectivity index (χ4v) is 5.12. The molecule has 8 nitrogen and oxygen atoms in total. The molecule has 0 radical (unpaired) electrons. The number of aromatic nitrogens is 2. The number of hydrogen-bond acceptors (Lipinski definition) is 8. The molecule has 164 valence electrons. The van der Waals surface area contributed by atoms with Crippen molar-refractivity contribution in [2.45, 2.75) is 25.7 Å². The van der Waals surface area contributed by atoms with Crippen molar-refractivity contribution in [1.29, 1.82) is 0 Å². The van der Waals surface area contributed by atoms with Gasteiger partial charge in [0, 0.05) is 23.5 Å². The molecule has 2 N–H and O–H groups in total. The number of anilines is 1. The number of nitrogens with one attached hydrogen (secondary N) is 2. The summed E-state index contributed by atoms with van der Waals surface area (Å²) in [6.07, 6.45) is 6.25. The normalized spacial score (nSPS) is 12.9. The van der Waals surface area contributed by atoms with Crippen LogP contribution in [0.1, 0.15) is 33.6 Å². The van der Waals surface area contributed by atoms with Crippen LogP contribution in [0.25, 0.3) is 10.2 Å². The lowest BCUT2D eigenvalue weighted by Crippen LogP contribution is -2.29. The van der Waals surface area contributed by atoms with Gasteiger partial charge in [-0.1, -0.05) is 0 Å². The van der Waals surface area contributed by atoms with E-state index in [1.807, 2.05) is 0 Å². The predicted molar refractivity (Wildman–Crippen MR) is 121 cm³/mol. The Balaban J connectivity index is 1.42. The molecule has 1 aliphatic carbocycles. The van der Waals surface area contributed by atoms with Gasteiger partial charge in [0.2, 0.25) is 5.75 Å². The Hall–Kier alpha value is -3.07. The molecule has 2 aromatic heterocycles. The third kappa shape index (κ3) is 4.23. The van der Waals surface area contributed by atoms with Crippen molar-refractivity contribution < 1.29 is 19.0 Å². The number of hydrogen-bond donors (Lipinski definition) is 2. The molecule has 2 heterocycles. The Morgan fingerprint density at radius 3 is 2.48 bits per heavy atom. The SMILES string of the molecule is COc1cc(C(=O)NCCNc2ncnc3sc4c(c23)CCCC4)cc(OC)c1OC. The van der Waals surface area contributed by atoms with Crippen LogP contribution in [-0.2, 0) is 12.8 Å². The number of methoxy groups -OCH3 is 3. The summed E-state index contributed by atoms with van der Waals surface area (Å²) in [4.78, 5) is 24.0. The largest absolute Gasteiger partial charge is 0.493 e. The zero-order chi connectivity index (χ0) is 21.8. The summed E-state index contributed by atoms with van der Waals surface area (Å²) in [7, 11) is 4.57. The highest BCUT2D eigenvalue weighted by Crippen LogP contribution is 2.39. The van der Waals surface area contributed by atoms with Crippen molar-refractivity contribution in [3.63, 3.8) is 0 Å². The van der Waals surface area contributed by atoms with Crippen molar-refractivity contribution in [2.24, 2.45) is 0 Å². The summed E-state index contributed by atoms with van der Waals surface area (Å²) < 4.78 is 15.9.